The summed E-state index contributed by atoms with van der Waals surface area (Å²) in [5.41, 5.74) is 19.1. The van der Waals surface area contributed by atoms with Crippen molar-refractivity contribution in [3.05, 3.63) is 175 Å². The number of nitrogens with two attached hydrogens (primary N) is 3. The fraction of sp³-hybridized carbons (Fsp3) is 0.513. The Kier molecular flexibility index (Phi) is 34.0. The van der Waals surface area contributed by atoms with E-state index >= 15 is 0 Å². The van der Waals surface area contributed by atoms with Crippen molar-refractivity contribution in [1.82, 2.24) is 59.7 Å². The Morgan fingerprint density at radius 1 is 0.483 bits per heavy atom. The van der Waals surface area contributed by atoms with Crippen molar-refractivity contribution in [3.8, 4) is 17.4 Å². The molecule has 120 heavy (non-hydrogen) atoms. The van der Waals surface area contributed by atoms with Crippen molar-refractivity contribution in [3.63, 3.8) is 0 Å². The zero-order valence-electron chi connectivity index (χ0n) is 66.3. The summed E-state index contributed by atoms with van der Waals surface area (Å²) < 4.78 is 52.7. The lowest BCUT2D eigenvalue weighted by Gasteiger charge is -2.34. The number of pyridine rings is 3. The van der Waals surface area contributed by atoms with Gasteiger partial charge in [0.1, 0.15) is 36.3 Å². The molecule has 1 saturated heterocycles. The average molecular weight is 1710 g/mol. The number of aromatic amines is 1. The van der Waals surface area contributed by atoms with Crippen molar-refractivity contribution < 1.29 is 47.1 Å². The molecule has 13 rings (SSSR count). The lowest BCUT2D eigenvalue weighted by molar-refractivity contribution is -0.384. The van der Waals surface area contributed by atoms with E-state index in [0.717, 1.165) is 132 Å². The van der Waals surface area contributed by atoms with Crippen LogP contribution in [-0.2, 0) is 26.2 Å². The van der Waals surface area contributed by atoms with Crippen LogP contribution in [0.5, 0.6) is 17.4 Å². The summed E-state index contributed by atoms with van der Waals surface area (Å²) in [7, 11) is 3.13. The number of anilines is 8. The molecule has 0 atom stereocenters. The minimum absolute atomic E-state index is 0.0266. The molecular weight excluding hydrogens is 1610 g/mol. The Morgan fingerprint density at radius 3 is 1.28 bits per heavy atom. The third-order valence-corrected chi connectivity index (χ3v) is 21.9. The summed E-state index contributed by atoms with van der Waals surface area (Å²) in [5.74, 6) is 3.92. The van der Waals surface area contributed by atoms with Crippen LogP contribution in [0.1, 0.15) is 138 Å². The number of hydrogen-bond acceptors (Lipinski definition) is 34. The van der Waals surface area contributed by atoms with Crippen molar-refractivity contribution in [2.45, 2.75) is 172 Å². The van der Waals surface area contributed by atoms with Gasteiger partial charge in [0.2, 0.25) is 58.5 Å². The Labute approximate surface area is 698 Å². The predicted octanol–water partition coefficient (Wildman–Crippen LogP) is 12.5. The summed E-state index contributed by atoms with van der Waals surface area (Å²) in [6, 6.07) is 12.0. The summed E-state index contributed by atoms with van der Waals surface area (Å²) in [6.45, 7) is 5.57. The first-order chi connectivity index (χ1) is 57.7. The number of likely N-dealkylation sites (tertiary alicyclic amines) is 1. The first kappa shape index (κ1) is 90.7. The number of methoxy groups -OCH3 is 2. The van der Waals surface area contributed by atoms with Gasteiger partial charge in [0.15, 0.2) is 0 Å². The zero-order valence-corrected chi connectivity index (χ0v) is 67.8. The zero-order chi connectivity index (χ0) is 85.7. The number of nitrogens with one attached hydrogen (secondary N) is 9. The first-order valence-corrected chi connectivity index (χ1v) is 40.3. The second-order valence-electron chi connectivity index (χ2n) is 29.8. The Morgan fingerprint density at radius 2 is 0.883 bits per heavy atom. The molecular formula is C76H100Cl2F3N27O12. The minimum Gasteiger partial charge on any atom is -0.496 e. The highest BCUT2D eigenvalue weighted by Gasteiger charge is 2.34. The summed E-state index contributed by atoms with van der Waals surface area (Å²) in [6.07, 6.45) is 24.9. The van der Waals surface area contributed by atoms with Gasteiger partial charge in [-0.2, -0.15) is 19.9 Å². The van der Waals surface area contributed by atoms with E-state index < -0.39 is 31.8 Å². The fourth-order valence-electron chi connectivity index (χ4n) is 14.6. The highest BCUT2D eigenvalue weighted by molar-refractivity contribution is 6.31. The van der Waals surface area contributed by atoms with Gasteiger partial charge in [-0.3, -0.25) is 50.2 Å². The van der Waals surface area contributed by atoms with Crippen LogP contribution in [0, 0.1) is 64.1 Å². The molecule has 5 aliphatic rings. The predicted molar refractivity (Wildman–Crippen MR) is 446 cm³/mol. The van der Waals surface area contributed by atoms with Crippen LogP contribution >= 0.6 is 23.2 Å². The maximum absolute atomic E-state index is 12.7. The van der Waals surface area contributed by atoms with E-state index in [4.69, 9.17) is 49.9 Å². The molecule has 8 heterocycles. The quantitative estimate of drug-likeness (QED) is 0.0138. The number of aromatic nitrogens is 11. The molecule has 0 radical (unpaired) electrons. The van der Waals surface area contributed by atoms with Crippen molar-refractivity contribution in [2.75, 3.05) is 96.0 Å². The summed E-state index contributed by atoms with van der Waals surface area (Å²) in [4.78, 5) is 101. The number of nitrogens with zero attached hydrogens (tertiary/aromatic N) is 15. The van der Waals surface area contributed by atoms with Crippen LogP contribution in [0.2, 0.25) is 10.0 Å². The highest BCUT2D eigenvalue weighted by atomic mass is 35.5. The number of rotatable bonds is 32. The van der Waals surface area contributed by atoms with Crippen LogP contribution < -0.4 is 79.5 Å². The van der Waals surface area contributed by atoms with Crippen LogP contribution in [0.4, 0.5) is 83.0 Å². The largest absolute Gasteiger partial charge is 0.573 e. The number of H-pyrrole nitrogens is 1. The topological polar surface area (TPSA) is 540 Å². The molecule has 4 saturated carbocycles. The average Bonchev–Trinajstić information content (AvgIpc) is 0.995. The van der Waals surface area contributed by atoms with Gasteiger partial charge in [0.05, 0.1) is 38.9 Å². The SMILES string of the molecule is COc1ccncc1CNc1ncc([N+](=O)[O-])c(NCC2CCC(N)CC2)n1.COc1ncccc1CNc1ncc([N+](=O)[O-])c(NCC2CCC(N)CC2)n1.NC1CCC(CNc2nc(NCc3cc(=O)[nH]cc3Cl)ncc2[N+](=O)[O-])CC1.O=[N+]([O-])c1cnc(NCc2cc(Cl)ccc2OC(F)(F)F)nc1NCC1CCC(N2CCCC2)CC1. The molecule has 8 aromatic rings. The third kappa shape index (κ3) is 28.3. The van der Waals surface area contributed by atoms with Gasteiger partial charge in [-0.1, -0.05) is 29.3 Å². The van der Waals surface area contributed by atoms with Crippen molar-refractivity contribution in [2.24, 2.45) is 40.9 Å². The summed E-state index contributed by atoms with van der Waals surface area (Å²) in [5, 5.41) is 70.3. The molecule has 4 aliphatic carbocycles. The van der Waals surface area contributed by atoms with Gasteiger partial charge >= 0.3 is 29.1 Å². The molecule has 44 heteroatoms. The van der Waals surface area contributed by atoms with Crippen LogP contribution in [0.15, 0.2) is 96.8 Å². The van der Waals surface area contributed by atoms with Gasteiger partial charge in [0.25, 0.3) is 0 Å². The van der Waals surface area contributed by atoms with Gasteiger partial charge in [-0.25, -0.2) is 24.9 Å². The van der Waals surface area contributed by atoms with Gasteiger partial charge < -0.3 is 83.8 Å². The number of nitro groups is 4. The lowest BCUT2D eigenvalue weighted by atomic mass is 9.85. The maximum Gasteiger partial charge on any atom is 0.573 e. The van der Waals surface area contributed by atoms with Gasteiger partial charge in [-0.05, 0) is 188 Å². The van der Waals surface area contributed by atoms with Crippen LogP contribution in [0.25, 0.3) is 0 Å². The van der Waals surface area contributed by atoms with E-state index in [1.54, 1.807) is 44.9 Å². The van der Waals surface area contributed by atoms with E-state index in [1.165, 1.54) is 62.7 Å². The normalized spacial score (nSPS) is 19.6. The Hall–Kier alpha value is -11.6. The highest BCUT2D eigenvalue weighted by Crippen LogP contribution is 2.36. The number of halogens is 5. The van der Waals surface area contributed by atoms with E-state index in [1.807, 2.05) is 6.07 Å². The minimum atomic E-state index is -4.86. The summed E-state index contributed by atoms with van der Waals surface area (Å²) >= 11 is 12.0. The Balaban J connectivity index is 0.000000169. The van der Waals surface area contributed by atoms with Crippen LogP contribution in [-0.4, -0.2) is 163 Å². The third-order valence-electron chi connectivity index (χ3n) is 21.3. The second-order valence-corrected chi connectivity index (χ2v) is 30.6. The number of benzene rings is 1. The second kappa shape index (κ2) is 45.0. The maximum atomic E-state index is 12.7. The molecule has 0 spiro atoms. The number of hydrogen-bond donors (Lipinski definition) is 12. The molecule has 1 aromatic carbocycles. The van der Waals surface area contributed by atoms with E-state index in [0.29, 0.717) is 103 Å². The standard InChI is InChI=1S/C23H28ClF3N6O3.2C18H25N7O3.C17H22ClN7O3/c24-17-5-8-20(36-23(25,26)27)16(11-17)13-29-22-30-14-19(33(34)35)21(31-22)28-12-15-3-6-18(7-4-15)32-9-1-2-10-32;1-28-16-6-7-20-9-13(16)10-22-18-23-11-15(25(26)27)17(24-18)21-8-12-2-4-14(19)5-3-12;1-28-17-13(3-2-8-20-17)10-22-18-23-11-15(25(26)27)16(24-18)21-9-12-4-6-14(19)7-5-12;18-13-8-20-15(26)5-11(13)7-22-17-23-9-14(25(27)28)16(24-17)21-6-10-1-3-12(19)4-2-10/h5,8,11,14-15,18H,1-4,6-7,9-10,12-13H2,(H2,28,29,30,31);6-7,9,11-12,14H,2-5,8,10,19H2,1H3,(H2,21,22,23,24);2-3,8,11-12,14H,4-7,9-10,19H2,1H3,(H2,21,22,23,24);5,8-10,12H,1-4,6-7,19H2,(H,20,26)(H2,21,22,23,24). The lowest BCUT2D eigenvalue weighted by Crippen LogP contribution is -2.37. The van der Waals surface area contributed by atoms with Gasteiger partial charge in [-0.15, -0.1) is 13.2 Å². The number of alkyl halides is 3. The van der Waals surface area contributed by atoms with Crippen molar-refractivity contribution >= 4 is 93.0 Å². The molecule has 646 valence electrons. The fourth-order valence-corrected chi connectivity index (χ4v) is 15.0. The molecule has 15 N–H and O–H groups in total. The molecule has 0 bridgehead atoms. The van der Waals surface area contributed by atoms with E-state index in [9.17, 15) is 58.4 Å². The smallest absolute Gasteiger partial charge is 0.496 e. The van der Waals surface area contributed by atoms with Crippen LogP contribution in [0.3, 0.4) is 0 Å². The van der Waals surface area contributed by atoms with Gasteiger partial charge in [0, 0.05) is 129 Å². The number of ether oxygens (including phenoxy) is 3. The molecule has 1 aliphatic heterocycles. The molecule has 0 amide bonds. The monoisotopic (exact) mass is 1710 g/mol. The molecule has 7 aromatic heterocycles. The molecule has 5 fully saturated rings. The van der Waals surface area contributed by atoms with Crippen molar-refractivity contribution in [1.29, 1.82) is 0 Å². The van der Waals surface area contributed by atoms with E-state index in [2.05, 4.69) is 107 Å². The molecule has 0 unspecified atom stereocenters. The first-order valence-electron chi connectivity index (χ1n) is 39.6. The van der Waals surface area contributed by atoms with E-state index in [-0.39, 0.29) is 105 Å². The molecule has 39 nitrogen and oxygen atoms in total. The Bertz CT molecular complexity index is 4610.